The SMILES string of the molecule is COC(=O)c1ccc(C)c(NCc2ccc(O)c(O)c2)c1. The van der Waals surface area contributed by atoms with E-state index in [0.717, 1.165) is 16.8 Å². The van der Waals surface area contributed by atoms with Crippen LogP contribution in [-0.2, 0) is 11.3 Å². The quantitative estimate of drug-likeness (QED) is 0.595. The molecule has 0 spiro atoms. The molecule has 0 saturated carbocycles. The Morgan fingerprint density at radius 2 is 1.90 bits per heavy atom. The van der Waals surface area contributed by atoms with Crippen LogP contribution < -0.4 is 5.32 Å². The summed E-state index contributed by atoms with van der Waals surface area (Å²) >= 11 is 0. The number of anilines is 1. The van der Waals surface area contributed by atoms with Crippen LogP contribution in [0.5, 0.6) is 11.5 Å². The van der Waals surface area contributed by atoms with Gasteiger partial charge in [0, 0.05) is 12.2 Å². The van der Waals surface area contributed by atoms with Crippen LogP contribution in [0.1, 0.15) is 21.5 Å². The highest BCUT2D eigenvalue weighted by Gasteiger charge is 2.08. The molecule has 0 unspecified atom stereocenters. The first-order chi connectivity index (χ1) is 10.0. The smallest absolute Gasteiger partial charge is 0.337 e. The zero-order chi connectivity index (χ0) is 15.4. The number of ether oxygens (including phenoxy) is 1. The van der Waals surface area contributed by atoms with E-state index < -0.39 is 0 Å². The molecule has 110 valence electrons. The van der Waals surface area contributed by atoms with E-state index in [2.05, 4.69) is 5.32 Å². The molecule has 0 amide bonds. The second kappa shape index (κ2) is 6.17. The van der Waals surface area contributed by atoms with Crippen LogP contribution in [0.3, 0.4) is 0 Å². The highest BCUT2D eigenvalue weighted by molar-refractivity contribution is 5.90. The first-order valence-electron chi connectivity index (χ1n) is 6.45. The molecule has 21 heavy (non-hydrogen) atoms. The number of esters is 1. The van der Waals surface area contributed by atoms with Crippen LogP contribution in [0, 0.1) is 6.92 Å². The normalized spacial score (nSPS) is 10.2. The van der Waals surface area contributed by atoms with Crippen LogP contribution in [0.2, 0.25) is 0 Å². The van der Waals surface area contributed by atoms with Crippen molar-refractivity contribution in [1.29, 1.82) is 0 Å². The maximum atomic E-state index is 11.5. The van der Waals surface area contributed by atoms with Gasteiger partial charge in [0.25, 0.3) is 0 Å². The molecule has 5 heteroatoms. The fourth-order valence-electron chi connectivity index (χ4n) is 1.93. The van der Waals surface area contributed by atoms with Gasteiger partial charge in [-0.2, -0.15) is 0 Å². The maximum Gasteiger partial charge on any atom is 0.337 e. The third-order valence-corrected chi connectivity index (χ3v) is 3.18. The average molecular weight is 287 g/mol. The van der Waals surface area contributed by atoms with E-state index in [0.29, 0.717) is 12.1 Å². The van der Waals surface area contributed by atoms with Gasteiger partial charge in [-0.1, -0.05) is 12.1 Å². The summed E-state index contributed by atoms with van der Waals surface area (Å²) in [5.74, 6) is -0.697. The second-order valence-corrected chi connectivity index (χ2v) is 4.70. The van der Waals surface area contributed by atoms with Crippen molar-refractivity contribution in [2.24, 2.45) is 0 Å². The molecule has 5 nitrogen and oxygen atoms in total. The molecule has 3 N–H and O–H groups in total. The number of phenolic OH excluding ortho intramolecular Hbond substituents is 2. The number of benzene rings is 2. The second-order valence-electron chi connectivity index (χ2n) is 4.70. The standard InChI is InChI=1S/C16H17NO4/c1-10-3-5-12(16(20)21-2)8-13(10)17-9-11-4-6-14(18)15(19)7-11/h3-8,17-19H,9H2,1-2H3. The van der Waals surface area contributed by atoms with Crippen LogP contribution in [0.4, 0.5) is 5.69 Å². The fourth-order valence-corrected chi connectivity index (χ4v) is 1.93. The van der Waals surface area contributed by atoms with Crippen LogP contribution in [0.15, 0.2) is 36.4 Å². The van der Waals surface area contributed by atoms with Gasteiger partial charge in [0.2, 0.25) is 0 Å². The van der Waals surface area contributed by atoms with Crippen molar-refractivity contribution >= 4 is 11.7 Å². The Labute approximate surface area is 122 Å². The maximum absolute atomic E-state index is 11.5. The number of phenols is 2. The topological polar surface area (TPSA) is 78.8 Å². The first-order valence-corrected chi connectivity index (χ1v) is 6.45. The van der Waals surface area contributed by atoms with E-state index in [1.54, 1.807) is 18.2 Å². The Kier molecular flexibility index (Phi) is 4.33. The largest absolute Gasteiger partial charge is 0.504 e. The number of carbonyl (C=O) groups is 1. The minimum absolute atomic E-state index is 0.150. The molecule has 2 rings (SSSR count). The fraction of sp³-hybridized carbons (Fsp3) is 0.188. The average Bonchev–Trinajstić information content (AvgIpc) is 2.49. The third-order valence-electron chi connectivity index (χ3n) is 3.18. The molecule has 0 heterocycles. The van der Waals surface area contributed by atoms with Gasteiger partial charge in [0.15, 0.2) is 11.5 Å². The summed E-state index contributed by atoms with van der Waals surface area (Å²) in [5, 5.41) is 21.9. The van der Waals surface area contributed by atoms with Gasteiger partial charge >= 0.3 is 5.97 Å². The van der Waals surface area contributed by atoms with Crippen molar-refractivity contribution in [3.8, 4) is 11.5 Å². The lowest BCUT2D eigenvalue weighted by atomic mass is 10.1. The molecule has 0 saturated heterocycles. The number of methoxy groups -OCH3 is 1. The molecule has 0 atom stereocenters. The predicted molar refractivity (Wildman–Crippen MR) is 79.6 cm³/mol. The number of hydrogen-bond donors (Lipinski definition) is 3. The molecular formula is C16H17NO4. The summed E-state index contributed by atoms with van der Waals surface area (Å²) in [4.78, 5) is 11.5. The summed E-state index contributed by atoms with van der Waals surface area (Å²) < 4.78 is 4.70. The lowest BCUT2D eigenvalue weighted by Crippen LogP contribution is -2.05. The molecule has 0 bridgehead atoms. The van der Waals surface area contributed by atoms with Crippen LogP contribution in [0.25, 0.3) is 0 Å². The number of aryl methyl sites for hydroxylation is 1. The highest BCUT2D eigenvalue weighted by atomic mass is 16.5. The predicted octanol–water partition coefficient (Wildman–Crippen LogP) is 2.80. The number of nitrogens with one attached hydrogen (secondary N) is 1. The lowest BCUT2D eigenvalue weighted by molar-refractivity contribution is 0.0601. The van der Waals surface area contributed by atoms with Gasteiger partial charge in [-0.15, -0.1) is 0 Å². The van der Waals surface area contributed by atoms with Crippen molar-refractivity contribution in [3.63, 3.8) is 0 Å². The molecule has 0 aliphatic carbocycles. The van der Waals surface area contributed by atoms with E-state index in [1.807, 2.05) is 13.0 Å². The zero-order valence-corrected chi connectivity index (χ0v) is 11.9. The Morgan fingerprint density at radius 1 is 1.14 bits per heavy atom. The molecule has 0 radical (unpaired) electrons. The van der Waals surface area contributed by atoms with E-state index in [9.17, 15) is 15.0 Å². The molecule has 0 aliphatic heterocycles. The van der Waals surface area contributed by atoms with Gasteiger partial charge in [0.05, 0.1) is 12.7 Å². The Hall–Kier alpha value is -2.69. The summed E-state index contributed by atoms with van der Waals surface area (Å²) in [6.07, 6.45) is 0. The van der Waals surface area contributed by atoms with Gasteiger partial charge in [-0.3, -0.25) is 0 Å². The minimum Gasteiger partial charge on any atom is -0.504 e. The van der Waals surface area contributed by atoms with Crippen molar-refractivity contribution in [1.82, 2.24) is 0 Å². The molecule has 2 aromatic rings. The van der Waals surface area contributed by atoms with E-state index in [-0.39, 0.29) is 17.5 Å². The number of aromatic hydroxyl groups is 2. The van der Waals surface area contributed by atoms with E-state index >= 15 is 0 Å². The van der Waals surface area contributed by atoms with Crippen molar-refractivity contribution < 1.29 is 19.7 Å². The lowest BCUT2D eigenvalue weighted by Gasteiger charge is -2.11. The summed E-state index contributed by atoms with van der Waals surface area (Å²) in [5.41, 5.74) is 3.09. The van der Waals surface area contributed by atoms with Crippen molar-refractivity contribution in [2.45, 2.75) is 13.5 Å². The first kappa shape index (κ1) is 14.7. The van der Waals surface area contributed by atoms with Crippen LogP contribution in [-0.4, -0.2) is 23.3 Å². The zero-order valence-electron chi connectivity index (χ0n) is 11.9. The van der Waals surface area contributed by atoms with E-state index in [4.69, 9.17) is 4.74 Å². The Bertz CT molecular complexity index is 667. The summed E-state index contributed by atoms with van der Waals surface area (Å²) in [7, 11) is 1.34. The van der Waals surface area contributed by atoms with Crippen LogP contribution >= 0.6 is 0 Å². The van der Waals surface area contributed by atoms with Gasteiger partial charge in [0.1, 0.15) is 0 Å². The number of rotatable bonds is 4. The Morgan fingerprint density at radius 3 is 2.57 bits per heavy atom. The number of hydrogen-bond acceptors (Lipinski definition) is 5. The van der Waals surface area contributed by atoms with Gasteiger partial charge in [-0.25, -0.2) is 4.79 Å². The van der Waals surface area contributed by atoms with Crippen molar-refractivity contribution in [3.05, 3.63) is 53.1 Å². The summed E-state index contributed by atoms with van der Waals surface area (Å²) in [6, 6.07) is 9.90. The van der Waals surface area contributed by atoms with E-state index in [1.165, 1.54) is 19.2 Å². The Balaban J connectivity index is 2.15. The molecule has 0 aromatic heterocycles. The highest BCUT2D eigenvalue weighted by Crippen LogP contribution is 2.25. The summed E-state index contributed by atoms with van der Waals surface area (Å²) in [6.45, 7) is 2.39. The van der Waals surface area contributed by atoms with Gasteiger partial charge < -0.3 is 20.3 Å². The molecule has 0 aliphatic rings. The molecule has 0 fully saturated rings. The molecular weight excluding hydrogens is 270 g/mol. The monoisotopic (exact) mass is 287 g/mol. The minimum atomic E-state index is -0.389. The van der Waals surface area contributed by atoms with Gasteiger partial charge in [-0.05, 0) is 42.3 Å². The third kappa shape index (κ3) is 3.45. The van der Waals surface area contributed by atoms with Crippen molar-refractivity contribution in [2.75, 3.05) is 12.4 Å². The number of carbonyl (C=O) groups excluding carboxylic acids is 1. The molecule has 2 aromatic carbocycles.